The Labute approximate surface area is 110 Å². The van der Waals surface area contributed by atoms with Gasteiger partial charge >= 0.3 is 0 Å². The summed E-state index contributed by atoms with van der Waals surface area (Å²) in [6, 6.07) is 4.75. The average molecular weight is 262 g/mol. The molecule has 1 aliphatic rings. The predicted molar refractivity (Wildman–Crippen MR) is 66.5 cm³/mol. The van der Waals surface area contributed by atoms with Gasteiger partial charge in [-0.2, -0.15) is 4.98 Å². The molecule has 0 aliphatic heterocycles. The number of nitrogens with zero attached hydrogens (tertiary/aromatic N) is 2. The highest BCUT2D eigenvalue weighted by molar-refractivity contribution is 5.29. The Morgan fingerprint density at radius 2 is 2.21 bits per heavy atom. The van der Waals surface area contributed by atoms with Crippen molar-refractivity contribution in [1.82, 2.24) is 10.1 Å². The van der Waals surface area contributed by atoms with Crippen molar-refractivity contribution in [2.45, 2.75) is 38.7 Å². The van der Waals surface area contributed by atoms with Crippen LogP contribution in [-0.4, -0.2) is 10.1 Å². The minimum atomic E-state index is -0.462. The molecule has 0 saturated heterocycles. The van der Waals surface area contributed by atoms with Crippen molar-refractivity contribution in [3.8, 4) is 5.75 Å². The topological polar surface area (TPSA) is 48.2 Å². The van der Waals surface area contributed by atoms with Crippen molar-refractivity contribution in [3.05, 3.63) is 41.3 Å². The third kappa shape index (κ3) is 2.59. The van der Waals surface area contributed by atoms with E-state index < -0.39 is 6.10 Å². The summed E-state index contributed by atoms with van der Waals surface area (Å²) in [5.74, 6) is 1.37. The van der Waals surface area contributed by atoms with Crippen LogP contribution in [0.15, 0.2) is 22.7 Å². The number of hydrogen-bond acceptors (Lipinski definition) is 4. The molecule has 1 fully saturated rings. The monoisotopic (exact) mass is 262 g/mol. The molecule has 1 aliphatic carbocycles. The molecule has 4 nitrogen and oxygen atoms in total. The van der Waals surface area contributed by atoms with Crippen LogP contribution in [0.4, 0.5) is 4.39 Å². The molecule has 5 heteroatoms. The molecule has 3 rings (SSSR count). The van der Waals surface area contributed by atoms with Crippen molar-refractivity contribution < 1.29 is 13.7 Å². The van der Waals surface area contributed by atoms with Gasteiger partial charge in [0.15, 0.2) is 23.5 Å². The molecular formula is C14H15FN2O2. The summed E-state index contributed by atoms with van der Waals surface area (Å²) in [6.45, 7) is 3.65. The van der Waals surface area contributed by atoms with Crippen molar-refractivity contribution in [3.63, 3.8) is 0 Å². The van der Waals surface area contributed by atoms with E-state index in [2.05, 4.69) is 10.1 Å². The number of ether oxygens (including phenoxy) is 1. The van der Waals surface area contributed by atoms with E-state index >= 15 is 0 Å². The van der Waals surface area contributed by atoms with Crippen LogP contribution in [0.2, 0.25) is 0 Å². The lowest BCUT2D eigenvalue weighted by molar-refractivity contribution is 0.169. The largest absolute Gasteiger partial charge is 0.478 e. The number of rotatable bonds is 4. The lowest BCUT2D eigenvalue weighted by Gasteiger charge is -2.11. The minimum Gasteiger partial charge on any atom is -0.478 e. The number of hydrogen-bond donors (Lipinski definition) is 0. The Bertz CT molecular complexity index is 593. The fourth-order valence-electron chi connectivity index (χ4n) is 1.86. The molecule has 2 aromatic rings. The van der Waals surface area contributed by atoms with Crippen LogP contribution in [0, 0.1) is 12.7 Å². The van der Waals surface area contributed by atoms with Gasteiger partial charge < -0.3 is 9.26 Å². The van der Waals surface area contributed by atoms with Gasteiger partial charge in [-0.05, 0) is 44.4 Å². The molecule has 19 heavy (non-hydrogen) atoms. The SMILES string of the molecule is Cc1ccc(F)c(O[C@@H](C)c2nc(C3CC3)no2)c1. The van der Waals surface area contributed by atoms with Gasteiger partial charge in [0.1, 0.15) is 0 Å². The van der Waals surface area contributed by atoms with Crippen molar-refractivity contribution >= 4 is 0 Å². The van der Waals surface area contributed by atoms with E-state index in [1.807, 2.05) is 6.92 Å². The van der Waals surface area contributed by atoms with E-state index in [1.54, 1.807) is 19.1 Å². The second-order valence-electron chi connectivity index (χ2n) is 4.96. The van der Waals surface area contributed by atoms with Gasteiger partial charge in [-0.15, -0.1) is 0 Å². The van der Waals surface area contributed by atoms with Gasteiger partial charge in [-0.1, -0.05) is 11.2 Å². The van der Waals surface area contributed by atoms with Crippen molar-refractivity contribution in [1.29, 1.82) is 0 Å². The predicted octanol–water partition coefficient (Wildman–Crippen LogP) is 3.53. The Morgan fingerprint density at radius 1 is 1.42 bits per heavy atom. The highest BCUT2D eigenvalue weighted by Gasteiger charge is 2.30. The first-order chi connectivity index (χ1) is 9.13. The highest BCUT2D eigenvalue weighted by Crippen LogP contribution is 2.38. The maximum absolute atomic E-state index is 13.6. The van der Waals surface area contributed by atoms with Gasteiger partial charge in [0, 0.05) is 5.92 Å². The summed E-state index contributed by atoms with van der Waals surface area (Å²) < 4.78 is 24.3. The highest BCUT2D eigenvalue weighted by atomic mass is 19.1. The maximum Gasteiger partial charge on any atom is 0.267 e. The quantitative estimate of drug-likeness (QED) is 0.845. The molecule has 1 heterocycles. The summed E-state index contributed by atoms with van der Waals surface area (Å²) in [5.41, 5.74) is 0.938. The molecule has 0 amide bonds. The molecule has 1 atom stereocenters. The zero-order valence-corrected chi connectivity index (χ0v) is 10.9. The molecule has 100 valence electrons. The molecular weight excluding hydrogens is 247 g/mol. The lowest BCUT2D eigenvalue weighted by Crippen LogP contribution is -2.05. The molecule has 0 N–H and O–H groups in total. The number of aromatic nitrogens is 2. The molecule has 0 unspecified atom stereocenters. The summed E-state index contributed by atoms with van der Waals surface area (Å²) in [5, 5.41) is 3.92. The second kappa shape index (κ2) is 4.64. The van der Waals surface area contributed by atoms with Crippen LogP contribution in [0.1, 0.15) is 49.1 Å². The zero-order valence-electron chi connectivity index (χ0n) is 10.9. The minimum absolute atomic E-state index is 0.207. The summed E-state index contributed by atoms with van der Waals surface area (Å²) in [7, 11) is 0. The van der Waals surface area contributed by atoms with E-state index in [0.717, 1.165) is 24.2 Å². The van der Waals surface area contributed by atoms with Crippen LogP contribution in [0.25, 0.3) is 0 Å². The van der Waals surface area contributed by atoms with Gasteiger partial charge in [-0.25, -0.2) is 4.39 Å². The lowest BCUT2D eigenvalue weighted by atomic mass is 10.2. The van der Waals surface area contributed by atoms with E-state index in [-0.39, 0.29) is 11.6 Å². The fourth-order valence-corrected chi connectivity index (χ4v) is 1.86. The van der Waals surface area contributed by atoms with Crippen molar-refractivity contribution in [2.75, 3.05) is 0 Å². The van der Waals surface area contributed by atoms with E-state index in [1.165, 1.54) is 6.07 Å². The van der Waals surface area contributed by atoms with Gasteiger partial charge in [-0.3, -0.25) is 0 Å². The molecule has 1 aromatic carbocycles. The van der Waals surface area contributed by atoms with Gasteiger partial charge in [0.25, 0.3) is 5.89 Å². The normalized spacial score (nSPS) is 16.4. The molecule has 1 saturated carbocycles. The molecule has 0 spiro atoms. The number of aryl methyl sites for hydroxylation is 1. The summed E-state index contributed by atoms with van der Waals surface area (Å²) in [4.78, 5) is 4.30. The van der Waals surface area contributed by atoms with Crippen LogP contribution >= 0.6 is 0 Å². The fraction of sp³-hybridized carbons (Fsp3) is 0.429. The van der Waals surface area contributed by atoms with Crippen LogP contribution in [0.5, 0.6) is 5.75 Å². The zero-order chi connectivity index (χ0) is 13.4. The average Bonchev–Trinajstić information content (AvgIpc) is 3.11. The van der Waals surface area contributed by atoms with Crippen LogP contribution in [-0.2, 0) is 0 Å². The third-order valence-corrected chi connectivity index (χ3v) is 3.14. The number of halogens is 1. The molecule has 1 aromatic heterocycles. The van der Waals surface area contributed by atoms with Gasteiger partial charge in [0.2, 0.25) is 0 Å². The first-order valence-corrected chi connectivity index (χ1v) is 6.40. The molecule has 0 bridgehead atoms. The number of benzene rings is 1. The van der Waals surface area contributed by atoms with Crippen LogP contribution < -0.4 is 4.74 Å². The Balaban J connectivity index is 1.75. The Kier molecular flexibility index (Phi) is 2.97. The van der Waals surface area contributed by atoms with E-state index in [0.29, 0.717) is 11.8 Å². The van der Waals surface area contributed by atoms with Crippen LogP contribution in [0.3, 0.4) is 0 Å². The van der Waals surface area contributed by atoms with Crippen molar-refractivity contribution in [2.24, 2.45) is 0 Å². The Hall–Kier alpha value is -1.91. The summed E-state index contributed by atoms with van der Waals surface area (Å²) >= 11 is 0. The maximum atomic E-state index is 13.6. The standard InChI is InChI=1S/C14H15FN2O2/c1-8-3-6-11(15)12(7-8)18-9(2)14-16-13(17-19-14)10-4-5-10/h3,6-7,9-10H,4-5H2,1-2H3/t9-/m0/s1. The van der Waals surface area contributed by atoms with Gasteiger partial charge in [0.05, 0.1) is 0 Å². The Morgan fingerprint density at radius 3 is 2.95 bits per heavy atom. The third-order valence-electron chi connectivity index (χ3n) is 3.14. The summed E-state index contributed by atoms with van der Waals surface area (Å²) in [6.07, 6.45) is 1.76. The first-order valence-electron chi connectivity index (χ1n) is 6.40. The van der Waals surface area contributed by atoms with E-state index in [4.69, 9.17) is 9.26 Å². The smallest absolute Gasteiger partial charge is 0.267 e. The second-order valence-corrected chi connectivity index (χ2v) is 4.96. The molecule has 0 radical (unpaired) electrons. The first kappa shape index (κ1) is 12.1. The van der Waals surface area contributed by atoms with E-state index in [9.17, 15) is 4.39 Å².